The Hall–Kier alpha value is -0.650. The maximum atomic E-state index is 12.1. The van der Waals surface area contributed by atoms with Crippen molar-refractivity contribution in [3.05, 3.63) is 49.0 Å². The molecule has 0 spiro atoms. The number of ether oxygens (including phenoxy) is 1. The van der Waals surface area contributed by atoms with Gasteiger partial charge in [-0.3, -0.25) is 4.79 Å². The first-order valence-corrected chi connectivity index (χ1v) is 7.78. The second-order valence-electron chi connectivity index (χ2n) is 4.02. The monoisotopic (exact) mass is 386 g/mol. The molecule has 0 radical (unpaired) electrons. The van der Waals surface area contributed by atoms with E-state index in [1.54, 1.807) is 11.3 Å². The Morgan fingerprint density at radius 2 is 2.06 bits per heavy atom. The van der Waals surface area contributed by atoms with Crippen molar-refractivity contribution in [2.24, 2.45) is 0 Å². The summed E-state index contributed by atoms with van der Waals surface area (Å²) >= 11 is 8.40. The highest BCUT2D eigenvalue weighted by molar-refractivity contribution is 9.11. The largest absolute Gasteiger partial charge is 0.484 e. The molecule has 1 unspecified atom stereocenters. The van der Waals surface area contributed by atoms with Crippen molar-refractivity contribution in [2.75, 3.05) is 0 Å². The molecule has 0 N–H and O–H groups in total. The van der Waals surface area contributed by atoms with Crippen molar-refractivity contribution in [3.63, 3.8) is 0 Å². The maximum absolute atomic E-state index is 12.1. The van der Waals surface area contributed by atoms with E-state index in [1.807, 2.05) is 30.3 Å². The van der Waals surface area contributed by atoms with Gasteiger partial charge in [-0.05, 0) is 46.3 Å². The molecule has 3 rings (SSSR count). The first-order valence-electron chi connectivity index (χ1n) is 5.38. The Balaban J connectivity index is 1.96. The van der Waals surface area contributed by atoms with E-state index in [1.165, 1.54) is 0 Å². The van der Waals surface area contributed by atoms with Crippen LogP contribution in [-0.2, 0) is 0 Å². The number of ketones is 1. The van der Waals surface area contributed by atoms with Crippen LogP contribution in [0.5, 0.6) is 5.75 Å². The fourth-order valence-corrected chi connectivity index (χ4v) is 3.77. The van der Waals surface area contributed by atoms with Crippen LogP contribution in [0.2, 0.25) is 0 Å². The molecule has 1 aromatic heterocycles. The van der Waals surface area contributed by atoms with Gasteiger partial charge in [-0.25, -0.2) is 0 Å². The van der Waals surface area contributed by atoms with Crippen LogP contribution < -0.4 is 4.74 Å². The molecular weight excluding hydrogens is 380 g/mol. The van der Waals surface area contributed by atoms with E-state index in [2.05, 4.69) is 31.9 Å². The van der Waals surface area contributed by atoms with Crippen LogP contribution in [0.25, 0.3) is 0 Å². The van der Waals surface area contributed by atoms with Crippen molar-refractivity contribution in [2.45, 2.75) is 12.5 Å². The van der Waals surface area contributed by atoms with Crippen LogP contribution in [0, 0.1) is 0 Å². The molecule has 1 aromatic carbocycles. The quantitative estimate of drug-likeness (QED) is 0.689. The minimum Gasteiger partial charge on any atom is -0.484 e. The number of benzene rings is 1. The molecule has 5 heteroatoms. The number of rotatable bonds is 1. The molecule has 0 saturated carbocycles. The Morgan fingerprint density at radius 1 is 1.22 bits per heavy atom. The van der Waals surface area contributed by atoms with E-state index in [0.29, 0.717) is 17.7 Å². The first kappa shape index (κ1) is 12.4. The van der Waals surface area contributed by atoms with E-state index in [0.717, 1.165) is 13.1 Å². The first-order chi connectivity index (χ1) is 8.63. The van der Waals surface area contributed by atoms with Crippen LogP contribution >= 0.6 is 43.2 Å². The van der Waals surface area contributed by atoms with Gasteiger partial charge in [0.05, 0.1) is 15.8 Å². The number of hydrogen-bond acceptors (Lipinski definition) is 3. The van der Waals surface area contributed by atoms with Gasteiger partial charge in [0, 0.05) is 9.35 Å². The van der Waals surface area contributed by atoms with Crippen LogP contribution in [0.1, 0.15) is 27.8 Å². The standard InChI is InChI=1S/C13H8Br2O2S/c14-7-1-2-10-8(5-7)9(16)6-11(17-10)12-3-4-13(15)18-12/h1-5,11H,6H2. The summed E-state index contributed by atoms with van der Waals surface area (Å²) < 4.78 is 7.85. The lowest BCUT2D eigenvalue weighted by atomic mass is 10.00. The zero-order valence-electron chi connectivity index (χ0n) is 9.15. The average molecular weight is 388 g/mol. The van der Waals surface area contributed by atoms with Gasteiger partial charge in [0.25, 0.3) is 0 Å². The molecule has 2 heterocycles. The van der Waals surface area contributed by atoms with E-state index >= 15 is 0 Å². The number of carbonyl (C=O) groups excluding carboxylic acids is 1. The second-order valence-corrected chi connectivity index (χ2v) is 7.43. The summed E-state index contributed by atoms with van der Waals surface area (Å²) in [6.07, 6.45) is 0.235. The summed E-state index contributed by atoms with van der Waals surface area (Å²) in [5.41, 5.74) is 0.663. The minimum absolute atomic E-state index is 0.132. The molecule has 1 atom stereocenters. The highest BCUT2D eigenvalue weighted by Crippen LogP contribution is 2.39. The number of thiophene rings is 1. The molecular formula is C13H8Br2O2S. The van der Waals surface area contributed by atoms with E-state index in [4.69, 9.17) is 4.74 Å². The van der Waals surface area contributed by atoms with Gasteiger partial charge in [-0.15, -0.1) is 11.3 Å². The van der Waals surface area contributed by atoms with Crippen LogP contribution in [-0.4, -0.2) is 5.78 Å². The van der Waals surface area contributed by atoms with Crippen molar-refractivity contribution in [1.82, 2.24) is 0 Å². The van der Waals surface area contributed by atoms with Crippen LogP contribution in [0.3, 0.4) is 0 Å². The number of Topliss-reactive ketones (excluding diaryl/α,β-unsaturated/α-hetero) is 1. The van der Waals surface area contributed by atoms with Gasteiger partial charge >= 0.3 is 0 Å². The van der Waals surface area contributed by atoms with Crippen LogP contribution in [0.4, 0.5) is 0 Å². The summed E-state index contributed by atoms with van der Waals surface area (Å²) in [4.78, 5) is 13.2. The summed E-state index contributed by atoms with van der Waals surface area (Å²) in [6.45, 7) is 0. The van der Waals surface area contributed by atoms with Crippen molar-refractivity contribution >= 4 is 49.0 Å². The zero-order valence-corrected chi connectivity index (χ0v) is 13.1. The molecule has 0 fully saturated rings. The van der Waals surface area contributed by atoms with E-state index < -0.39 is 0 Å². The fraction of sp³-hybridized carbons (Fsp3) is 0.154. The number of carbonyl (C=O) groups is 1. The third-order valence-corrected chi connectivity index (χ3v) is 5.00. The smallest absolute Gasteiger partial charge is 0.170 e. The number of halogens is 2. The Kier molecular flexibility index (Phi) is 3.30. The van der Waals surface area contributed by atoms with Crippen LogP contribution in [0.15, 0.2) is 38.6 Å². The maximum Gasteiger partial charge on any atom is 0.170 e. The second kappa shape index (κ2) is 4.79. The number of hydrogen-bond donors (Lipinski definition) is 0. The van der Waals surface area contributed by atoms with Crippen molar-refractivity contribution in [1.29, 1.82) is 0 Å². The van der Waals surface area contributed by atoms with E-state index in [-0.39, 0.29) is 11.9 Å². The van der Waals surface area contributed by atoms with E-state index in [9.17, 15) is 4.79 Å². The molecule has 1 aliphatic heterocycles. The lowest BCUT2D eigenvalue weighted by Gasteiger charge is -2.24. The zero-order chi connectivity index (χ0) is 12.7. The summed E-state index contributed by atoms with van der Waals surface area (Å²) in [5.74, 6) is 0.802. The SMILES string of the molecule is O=C1CC(c2ccc(Br)s2)Oc2ccc(Br)cc21. The lowest BCUT2D eigenvalue weighted by Crippen LogP contribution is -2.19. The van der Waals surface area contributed by atoms with Gasteiger partial charge in [0.1, 0.15) is 11.9 Å². The molecule has 18 heavy (non-hydrogen) atoms. The van der Waals surface area contributed by atoms with Gasteiger partial charge in [0.2, 0.25) is 0 Å². The normalized spacial score (nSPS) is 18.3. The Labute approximate surface area is 125 Å². The Bertz CT molecular complexity index is 621. The number of fused-ring (bicyclic) bond motifs is 1. The van der Waals surface area contributed by atoms with Gasteiger partial charge < -0.3 is 4.74 Å². The fourth-order valence-electron chi connectivity index (χ4n) is 1.96. The van der Waals surface area contributed by atoms with Gasteiger partial charge in [0.15, 0.2) is 5.78 Å². The third kappa shape index (κ3) is 2.27. The molecule has 2 nitrogen and oxygen atoms in total. The average Bonchev–Trinajstić information content (AvgIpc) is 2.77. The molecule has 92 valence electrons. The molecule has 0 amide bonds. The minimum atomic E-state index is -0.164. The predicted octanol–water partition coefficient (Wildman–Crippen LogP) is 4.98. The van der Waals surface area contributed by atoms with Gasteiger partial charge in [-0.1, -0.05) is 15.9 Å². The highest BCUT2D eigenvalue weighted by Gasteiger charge is 2.28. The van der Waals surface area contributed by atoms with Crippen molar-refractivity contribution < 1.29 is 9.53 Å². The molecule has 0 saturated heterocycles. The summed E-state index contributed by atoms with van der Waals surface area (Å²) in [6, 6.07) is 9.52. The molecule has 1 aliphatic rings. The molecule has 2 aromatic rings. The Morgan fingerprint density at radius 3 is 2.78 bits per heavy atom. The summed E-state index contributed by atoms with van der Waals surface area (Å²) in [7, 11) is 0. The van der Waals surface area contributed by atoms with Gasteiger partial charge in [-0.2, -0.15) is 0 Å². The topological polar surface area (TPSA) is 26.3 Å². The molecule has 0 aliphatic carbocycles. The lowest BCUT2D eigenvalue weighted by molar-refractivity contribution is 0.0854. The predicted molar refractivity (Wildman–Crippen MR) is 78.5 cm³/mol. The third-order valence-electron chi connectivity index (χ3n) is 2.79. The highest BCUT2D eigenvalue weighted by atomic mass is 79.9. The van der Waals surface area contributed by atoms with Crippen molar-refractivity contribution in [3.8, 4) is 5.75 Å². The summed E-state index contributed by atoms with van der Waals surface area (Å²) in [5, 5.41) is 0. The molecule has 0 bridgehead atoms.